The van der Waals surface area contributed by atoms with E-state index in [1.807, 2.05) is 43.3 Å². The van der Waals surface area contributed by atoms with Crippen molar-refractivity contribution in [2.45, 2.75) is 6.04 Å². The fraction of sp³-hybridized carbons (Fsp3) is 0.214. The topological polar surface area (TPSA) is 88.5 Å². The second-order valence-corrected chi connectivity index (χ2v) is 9.01. The summed E-state index contributed by atoms with van der Waals surface area (Å²) in [6, 6.07) is 16.1. The first-order valence-electron chi connectivity index (χ1n) is 11.4. The van der Waals surface area contributed by atoms with Gasteiger partial charge in [-0.2, -0.15) is 0 Å². The molecule has 1 aliphatic heterocycles. The highest BCUT2D eigenvalue weighted by molar-refractivity contribution is 6.51. The van der Waals surface area contributed by atoms with Gasteiger partial charge in [-0.1, -0.05) is 23.7 Å². The molecule has 192 valence electrons. The molecule has 3 aromatic rings. The van der Waals surface area contributed by atoms with Crippen molar-refractivity contribution in [3.63, 3.8) is 0 Å². The van der Waals surface area contributed by atoms with E-state index in [0.29, 0.717) is 33.5 Å². The number of aliphatic hydroxyl groups excluding tert-OH is 1. The molecule has 0 bridgehead atoms. The third kappa shape index (κ3) is 4.80. The largest absolute Gasteiger partial charge is 0.507 e. The van der Waals surface area contributed by atoms with Crippen molar-refractivity contribution in [3.8, 4) is 17.2 Å². The normalized spacial score (nSPS) is 16.6. The standard InChI is InChI=1S/C28H27ClN2O6/c1-30(2)18-9-6-16(7-10-18)25-24(26(32)22-12-17(29)8-11-23(22)37-5)27(33)28(34)31(25)19-13-20(35-3)15-21(14-19)36-4/h6-15,25,32H,1-5H3/b26-24+. The number of anilines is 2. The molecule has 37 heavy (non-hydrogen) atoms. The van der Waals surface area contributed by atoms with Gasteiger partial charge in [-0.25, -0.2) is 0 Å². The number of hydrogen-bond donors (Lipinski definition) is 1. The second-order valence-electron chi connectivity index (χ2n) is 8.57. The van der Waals surface area contributed by atoms with Gasteiger partial charge in [-0.05, 0) is 35.9 Å². The lowest BCUT2D eigenvalue weighted by molar-refractivity contribution is -0.132. The van der Waals surface area contributed by atoms with Crippen LogP contribution in [0.15, 0.2) is 66.2 Å². The predicted molar refractivity (Wildman–Crippen MR) is 143 cm³/mol. The van der Waals surface area contributed by atoms with Crippen LogP contribution in [0.3, 0.4) is 0 Å². The first-order chi connectivity index (χ1) is 17.7. The Kier molecular flexibility index (Phi) is 7.31. The molecule has 8 nitrogen and oxygen atoms in total. The van der Waals surface area contributed by atoms with Crippen molar-refractivity contribution < 1.29 is 28.9 Å². The Hall–Kier alpha value is -4.17. The fourth-order valence-electron chi connectivity index (χ4n) is 4.31. The minimum atomic E-state index is -0.947. The van der Waals surface area contributed by atoms with Gasteiger partial charge in [0.05, 0.1) is 44.2 Å². The van der Waals surface area contributed by atoms with Crippen molar-refractivity contribution in [1.82, 2.24) is 0 Å². The van der Waals surface area contributed by atoms with Crippen LogP contribution >= 0.6 is 11.6 Å². The van der Waals surface area contributed by atoms with Gasteiger partial charge in [0.15, 0.2) is 0 Å². The molecule has 1 N–H and O–H groups in total. The highest BCUT2D eigenvalue weighted by atomic mass is 35.5. The molecule has 1 amide bonds. The average molecular weight is 523 g/mol. The van der Waals surface area contributed by atoms with Gasteiger partial charge < -0.3 is 24.2 Å². The van der Waals surface area contributed by atoms with Crippen LogP contribution in [0.2, 0.25) is 5.02 Å². The number of hydrogen-bond acceptors (Lipinski definition) is 7. The van der Waals surface area contributed by atoms with Gasteiger partial charge in [0.1, 0.15) is 23.0 Å². The number of aliphatic hydroxyl groups is 1. The van der Waals surface area contributed by atoms with E-state index in [-0.39, 0.29) is 11.1 Å². The lowest BCUT2D eigenvalue weighted by atomic mass is 9.94. The molecule has 0 saturated carbocycles. The quantitative estimate of drug-likeness (QED) is 0.263. The third-order valence-corrected chi connectivity index (χ3v) is 6.44. The number of Topliss-reactive ketones (excluding diaryl/α,β-unsaturated/α-hetero) is 1. The zero-order valence-electron chi connectivity index (χ0n) is 21.1. The molecular weight excluding hydrogens is 496 g/mol. The van der Waals surface area contributed by atoms with Gasteiger partial charge in [-0.15, -0.1) is 0 Å². The van der Waals surface area contributed by atoms with Crippen LogP contribution in [-0.4, -0.2) is 52.2 Å². The van der Waals surface area contributed by atoms with Crippen molar-refractivity contribution in [1.29, 1.82) is 0 Å². The van der Waals surface area contributed by atoms with Gasteiger partial charge in [0, 0.05) is 43.0 Å². The van der Waals surface area contributed by atoms with Gasteiger partial charge >= 0.3 is 0 Å². The van der Waals surface area contributed by atoms with E-state index in [0.717, 1.165) is 5.69 Å². The number of amides is 1. The number of nitrogens with zero attached hydrogens (tertiary/aromatic N) is 2. The van der Waals surface area contributed by atoms with Crippen LogP contribution in [0.1, 0.15) is 17.2 Å². The molecule has 1 atom stereocenters. The Bertz CT molecular complexity index is 1360. The molecule has 4 rings (SSSR count). The van der Waals surface area contributed by atoms with E-state index in [1.54, 1.807) is 30.3 Å². The van der Waals surface area contributed by atoms with Crippen LogP contribution in [0.5, 0.6) is 17.2 Å². The number of carbonyl (C=O) groups is 2. The fourth-order valence-corrected chi connectivity index (χ4v) is 4.48. The molecule has 0 aliphatic carbocycles. The number of halogens is 1. The summed E-state index contributed by atoms with van der Waals surface area (Å²) in [4.78, 5) is 30.3. The first kappa shape index (κ1) is 25.9. The lowest BCUT2D eigenvalue weighted by Crippen LogP contribution is -2.29. The van der Waals surface area contributed by atoms with E-state index in [1.165, 1.54) is 32.3 Å². The predicted octanol–water partition coefficient (Wildman–Crippen LogP) is 5.06. The molecule has 1 aliphatic rings. The number of methoxy groups -OCH3 is 3. The summed E-state index contributed by atoms with van der Waals surface area (Å²) in [6.07, 6.45) is 0. The molecule has 1 heterocycles. The zero-order valence-corrected chi connectivity index (χ0v) is 21.9. The minimum absolute atomic E-state index is 0.0926. The number of carbonyl (C=O) groups excluding carboxylic acids is 2. The Morgan fingerprint density at radius 2 is 1.51 bits per heavy atom. The molecule has 1 fully saturated rings. The van der Waals surface area contributed by atoms with Crippen LogP contribution < -0.4 is 24.0 Å². The lowest BCUT2D eigenvalue weighted by Gasteiger charge is -2.26. The Morgan fingerprint density at radius 1 is 0.892 bits per heavy atom. The van der Waals surface area contributed by atoms with Gasteiger partial charge in [0.2, 0.25) is 0 Å². The monoisotopic (exact) mass is 522 g/mol. The third-order valence-electron chi connectivity index (χ3n) is 6.20. The zero-order chi connectivity index (χ0) is 26.9. The molecule has 1 saturated heterocycles. The summed E-state index contributed by atoms with van der Waals surface area (Å²) in [7, 11) is 8.26. The first-order valence-corrected chi connectivity index (χ1v) is 11.7. The maximum Gasteiger partial charge on any atom is 0.300 e. The van der Waals surface area contributed by atoms with Crippen LogP contribution in [0.4, 0.5) is 11.4 Å². The van der Waals surface area contributed by atoms with Crippen molar-refractivity contribution in [2.75, 3.05) is 45.2 Å². The summed E-state index contributed by atoms with van der Waals surface area (Å²) < 4.78 is 16.2. The summed E-state index contributed by atoms with van der Waals surface area (Å²) in [5, 5.41) is 11.8. The van der Waals surface area contributed by atoms with E-state index >= 15 is 0 Å². The maximum atomic E-state index is 13.5. The van der Waals surface area contributed by atoms with Crippen molar-refractivity contribution in [3.05, 3.63) is 82.4 Å². The van der Waals surface area contributed by atoms with Gasteiger partial charge in [0.25, 0.3) is 11.7 Å². The maximum absolute atomic E-state index is 13.5. The van der Waals surface area contributed by atoms with Crippen LogP contribution in [0, 0.1) is 0 Å². The Morgan fingerprint density at radius 3 is 2.05 bits per heavy atom. The summed E-state index contributed by atoms with van der Waals surface area (Å²) in [6.45, 7) is 0. The van der Waals surface area contributed by atoms with Crippen molar-refractivity contribution >= 4 is 40.4 Å². The number of ketones is 1. The molecule has 0 aromatic heterocycles. The number of benzene rings is 3. The molecule has 9 heteroatoms. The summed E-state index contributed by atoms with van der Waals surface area (Å²) in [5.41, 5.74) is 2.03. The number of rotatable bonds is 7. The summed E-state index contributed by atoms with van der Waals surface area (Å²) >= 11 is 6.20. The molecular formula is C28H27ClN2O6. The smallest absolute Gasteiger partial charge is 0.300 e. The average Bonchev–Trinajstić information content (AvgIpc) is 3.17. The minimum Gasteiger partial charge on any atom is -0.507 e. The number of ether oxygens (including phenoxy) is 3. The van der Waals surface area contributed by atoms with E-state index in [4.69, 9.17) is 25.8 Å². The SMILES string of the molecule is COc1cc(OC)cc(N2C(=O)C(=O)/C(=C(/O)c3cc(Cl)ccc3OC)C2c2ccc(N(C)C)cc2)c1. The van der Waals surface area contributed by atoms with Crippen molar-refractivity contribution in [2.24, 2.45) is 0 Å². The van der Waals surface area contributed by atoms with E-state index in [2.05, 4.69) is 0 Å². The van der Waals surface area contributed by atoms with Crippen LogP contribution in [0.25, 0.3) is 5.76 Å². The molecule has 1 unspecified atom stereocenters. The van der Waals surface area contributed by atoms with E-state index in [9.17, 15) is 14.7 Å². The summed E-state index contributed by atoms with van der Waals surface area (Å²) in [5.74, 6) is -0.860. The molecule has 3 aromatic carbocycles. The Balaban J connectivity index is 1.99. The molecule has 0 spiro atoms. The second kappa shape index (κ2) is 10.4. The highest BCUT2D eigenvalue weighted by Crippen LogP contribution is 2.45. The Labute approximate surface area is 220 Å². The highest BCUT2D eigenvalue weighted by Gasteiger charge is 2.47. The van der Waals surface area contributed by atoms with Gasteiger partial charge in [-0.3, -0.25) is 14.5 Å². The molecule has 0 radical (unpaired) electrons. The van der Waals surface area contributed by atoms with Crippen LogP contribution in [-0.2, 0) is 9.59 Å². The van der Waals surface area contributed by atoms with E-state index < -0.39 is 23.5 Å².